The number of nitrogens with one attached hydrogen (secondary N) is 2. The Labute approximate surface area is 160 Å². The fourth-order valence-corrected chi connectivity index (χ4v) is 4.58. The van der Waals surface area contributed by atoms with E-state index in [0.717, 1.165) is 11.1 Å². The Bertz CT molecular complexity index is 801. The molecular weight excluding hydrogens is 363 g/mol. The summed E-state index contributed by atoms with van der Waals surface area (Å²) in [6.07, 6.45) is 0. The highest BCUT2D eigenvalue weighted by molar-refractivity contribution is 7.54. The third kappa shape index (κ3) is 5.67. The van der Waals surface area contributed by atoms with Gasteiger partial charge in [-0.25, -0.2) is 4.79 Å². The van der Waals surface area contributed by atoms with Gasteiger partial charge in [-0.3, -0.25) is 4.57 Å². The smallest absolute Gasteiger partial charge is 0.320 e. The maximum atomic E-state index is 13.3. The number of anilines is 1. The van der Waals surface area contributed by atoms with Crippen molar-refractivity contribution in [2.75, 3.05) is 18.5 Å². The van der Waals surface area contributed by atoms with Crippen LogP contribution >= 0.6 is 7.60 Å². The van der Waals surface area contributed by atoms with Gasteiger partial charge in [-0.1, -0.05) is 42.5 Å². The molecule has 146 valence electrons. The van der Waals surface area contributed by atoms with Crippen LogP contribution in [0, 0.1) is 13.8 Å². The van der Waals surface area contributed by atoms with Crippen molar-refractivity contribution in [3.8, 4) is 0 Å². The molecule has 1 atom stereocenters. The minimum Gasteiger partial charge on any atom is -0.320 e. The first-order chi connectivity index (χ1) is 12.9. The predicted molar refractivity (Wildman–Crippen MR) is 108 cm³/mol. The third-order valence-corrected chi connectivity index (χ3v) is 6.25. The standard InChI is InChI=1S/C20H27N2O4P/c1-5-25-27(24,26-6-2)19(17-10-8-7-9-11-17)22-20(23)21-18-14-15(3)12-13-16(18)4/h7-14,19H,5-6H2,1-4H3,(H2,21,22,23)/t19-/m0/s1. The van der Waals surface area contributed by atoms with Crippen molar-refractivity contribution in [2.24, 2.45) is 0 Å². The number of carbonyl (C=O) groups is 1. The lowest BCUT2D eigenvalue weighted by Gasteiger charge is -2.27. The highest BCUT2D eigenvalue weighted by Crippen LogP contribution is 2.59. The first kappa shape index (κ1) is 21.2. The summed E-state index contributed by atoms with van der Waals surface area (Å²) in [5, 5.41) is 5.60. The Hall–Kier alpha value is -2.14. The summed E-state index contributed by atoms with van der Waals surface area (Å²) in [5.41, 5.74) is 3.32. The van der Waals surface area contributed by atoms with Crippen molar-refractivity contribution in [3.63, 3.8) is 0 Å². The third-order valence-electron chi connectivity index (χ3n) is 3.96. The first-order valence-electron chi connectivity index (χ1n) is 8.98. The van der Waals surface area contributed by atoms with Crippen LogP contribution in [0.3, 0.4) is 0 Å². The van der Waals surface area contributed by atoms with E-state index in [1.54, 1.807) is 26.0 Å². The monoisotopic (exact) mass is 390 g/mol. The maximum absolute atomic E-state index is 13.3. The molecule has 0 heterocycles. The summed E-state index contributed by atoms with van der Waals surface area (Å²) >= 11 is 0. The lowest BCUT2D eigenvalue weighted by atomic mass is 10.1. The summed E-state index contributed by atoms with van der Waals surface area (Å²) in [6.45, 7) is 7.76. The summed E-state index contributed by atoms with van der Waals surface area (Å²) in [6, 6.07) is 14.4. The van der Waals surface area contributed by atoms with E-state index < -0.39 is 19.4 Å². The maximum Gasteiger partial charge on any atom is 0.357 e. The zero-order valence-electron chi connectivity index (χ0n) is 16.2. The molecule has 0 aliphatic carbocycles. The minimum absolute atomic E-state index is 0.209. The quantitative estimate of drug-likeness (QED) is 0.593. The van der Waals surface area contributed by atoms with Crippen LogP contribution in [0.1, 0.15) is 36.3 Å². The number of hydrogen-bond donors (Lipinski definition) is 2. The number of benzene rings is 2. The molecule has 0 fully saturated rings. The van der Waals surface area contributed by atoms with Crippen LogP contribution in [0.25, 0.3) is 0 Å². The van der Waals surface area contributed by atoms with Gasteiger partial charge in [0.2, 0.25) is 0 Å². The van der Waals surface area contributed by atoms with Crippen molar-refractivity contribution in [1.29, 1.82) is 0 Å². The second kappa shape index (κ2) is 9.70. The van der Waals surface area contributed by atoms with Gasteiger partial charge < -0.3 is 19.7 Å². The van der Waals surface area contributed by atoms with Crippen LogP contribution in [0.5, 0.6) is 0 Å². The van der Waals surface area contributed by atoms with E-state index in [9.17, 15) is 9.36 Å². The van der Waals surface area contributed by atoms with Crippen molar-refractivity contribution >= 4 is 19.3 Å². The lowest BCUT2D eigenvalue weighted by molar-refractivity contribution is 0.205. The zero-order chi connectivity index (χ0) is 19.9. The molecule has 27 heavy (non-hydrogen) atoms. The van der Waals surface area contributed by atoms with Crippen LogP contribution in [-0.4, -0.2) is 19.2 Å². The second-order valence-corrected chi connectivity index (χ2v) is 8.22. The van der Waals surface area contributed by atoms with E-state index in [1.807, 2.05) is 50.2 Å². The van der Waals surface area contributed by atoms with Crippen LogP contribution in [-0.2, 0) is 13.6 Å². The van der Waals surface area contributed by atoms with E-state index in [0.29, 0.717) is 11.3 Å². The Morgan fingerprint density at radius 1 is 1.04 bits per heavy atom. The molecule has 0 aliphatic rings. The van der Waals surface area contributed by atoms with E-state index >= 15 is 0 Å². The highest BCUT2D eigenvalue weighted by Gasteiger charge is 2.38. The van der Waals surface area contributed by atoms with Crippen LogP contribution < -0.4 is 10.6 Å². The zero-order valence-corrected chi connectivity index (χ0v) is 17.1. The molecule has 0 saturated heterocycles. The van der Waals surface area contributed by atoms with Crippen molar-refractivity contribution < 1.29 is 18.4 Å². The number of carbonyl (C=O) groups excluding carboxylic acids is 1. The summed E-state index contributed by atoms with van der Waals surface area (Å²) in [5.74, 6) is -0.913. The molecule has 0 saturated carbocycles. The Morgan fingerprint density at radius 3 is 2.26 bits per heavy atom. The Kier molecular flexibility index (Phi) is 7.60. The molecule has 2 aromatic carbocycles. The Morgan fingerprint density at radius 2 is 1.67 bits per heavy atom. The van der Waals surface area contributed by atoms with Gasteiger partial charge in [0, 0.05) is 5.69 Å². The first-order valence-corrected chi connectivity index (χ1v) is 10.6. The molecule has 0 bridgehead atoms. The van der Waals surface area contributed by atoms with Crippen molar-refractivity contribution in [2.45, 2.75) is 33.5 Å². The molecule has 6 nitrogen and oxygen atoms in total. The lowest BCUT2D eigenvalue weighted by Crippen LogP contribution is -2.33. The molecule has 2 amide bonds. The molecule has 0 spiro atoms. The van der Waals surface area contributed by atoms with Gasteiger partial charge in [-0.05, 0) is 50.5 Å². The topological polar surface area (TPSA) is 76.7 Å². The van der Waals surface area contributed by atoms with Crippen LogP contribution in [0.15, 0.2) is 48.5 Å². The van der Waals surface area contributed by atoms with Gasteiger partial charge in [0.1, 0.15) is 0 Å². The Balaban J connectivity index is 2.29. The van der Waals surface area contributed by atoms with E-state index in [1.165, 1.54) is 0 Å². The van der Waals surface area contributed by atoms with Gasteiger partial charge in [-0.15, -0.1) is 0 Å². The van der Waals surface area contributed by atoms with Crippen LogP contribution in [0.4, 0.5) is 10.5 Å². The molecule has 0 radical (unpaired) electrons. The molecule has 7 heteroatoms. The summed E-state index contributed by atoms with van der Waals surface area (Å²) < 4.78 is 24.3. The number of hydrogen-bond acceptors (Lipinski definition) is 4. The summed E-state index contributed by atoms with van der Waals surface area (Å²) in [4.78, 5) is 12.7. The molecule has 0 aliphatic heterocycles. The van der Waals surface area contributed by atoms with Gasteiger partial charge in [0.25, 0.3) is 0 Å². The van der Waals surface area contributed by atoms with Gasteiger partial charge >= 0.3 is 13.6 Å². The molecule has 0 unspecified atom stereocenters. The highest BCUT2D eigenvalue weighted by atomic mass is 31.2. The fraction of sp³-hybridized carbons (Fsp3) is 0.350. The van der Waals surface area contributed by atoms with Gasteiger partial charge in [0.15, 0.2) is 5.78 Å². The minimum atomic E-state index is -3.60. The SMILES string of the molecule is CCOP(=O)(OCC)[C@H](NC(=O)Nc1cc(C)ccc1C)c1ccccc1. The molecule has 2 rings (SSSR count). The molecule has 0 aromatic heterocycles. The number of rotatable bonds is 8. The molecule has 2 aromatic rings. The van der Waals surface area contributed by atoms with Crippen molar-refractivity contribution in [3.05, 3.63) is 65.2 Å². The molecule has 2 N–H and O–H groups in total. The van der Waals surface area contributed by atoms with E-state index in [2.05, 4.69) is 10.6 Å². The summed E-state index contributed by atoms with van der Waals surface area (Å²) in [7, 11) is -3.60. The van der Waals surface area contributed by atoms with Crippen LogP contribution in [0.2, 0.25) is 0 Å². The number of amides is 2. The molecular formula is C20H27N2O4P. The van der Waals surface area contributed by atoms with Gasteiger partial charge in [-0.2, -0.15) is 0 Å². The van der Waals surface area contributed by atoms with E-state index in [-0.39, 0.29) is 13.2 Å². The van der Waals surface area contributed by atoms with Gasteiger partial charge in [0.05, 0.1) is 13.2 Å². The second-order valence-electron chi connectivity index (χ2n) is 6.11. The average Bonchev–Trinajstić information content (AvgIpc) is 2.64. The fourth-order valence-electron chi connectivity index (χ4n) is 2.68. The average molecular weight is 390 g/mol. The number of urea groups is 1. The largest absolute Gasteiger partial charge is 0.357 e. The van der Waals surface area contributed by atoms with Crippen molar-refractivity contribution in [1.82, 2.24) is 5.32 Å². The normalized spacial score (nSPS) is 12.4. The predicted octanol–water partition coefficient (Wildman–Crippen LogP) is 5.39. The van der Waals surface area contributed by atoms with E-state index in [4.69, 9.17) is 9.05 Å². The number of aryl methyl sites for hydroxylation is 2.